The molecule has 1 aromatic heterocycles. The lowest BCUT2D eigenvalue weighted by Gasteiger charge is -2.30. The first-order valence-electron chi connectivity index (χ1n) is 9.68. The van der Waals surface area contributed by atoms with E-state index < -0.39 is 9.84 Å². The van der Waals surface area contributed by atoms with E-state index in [-0.39, 0.29) is 9.92 Å². The van der Waals surface area contributed by atoms with Gasteiger partial charge in [-0.1, -0.05) is 36.2 Å². The predicted molar refractivity (Wildman–Crippen MR) is 114 cm³/mol. The van der Waals surface area contributed by atoms with Gasteiger partial charge in [-0.25, -0.2) is 8.42 Å². The van der Waals surface area contributed by atoms with Crippen molar-refractivity contribution in [2.24, 2.45) is 5.92 Å². The maximum absolute atomic E-state index is 13.4. The van der Waals surface area contributed by atoms with E-state index in [2.05, 4.69) is 11.9 Å². The van der Waals surface area contributed by atoms with Crippen molar-refractivity contribution in [1.29, 1.82) is 0 Å². The van der Waals surface area contributed by atoms with Crippen molar-refractivity contribution in [3.8, 4) is 11.5 Å². The summed E-state index contributed by atoms with van der Waals surface area (Å²) in [6.45, 7) is 5.69. The number of halogens is 1. The largest absolute Gasteiger partial charge is 0.419 e. The number of aryl methyl sites for hydroxylation is 1. The fourth-order valence-corrected chi connectivity index (χ4v) is 4.88. The smallest absolute Gasteiger partial charge is 0.236 e. The van der Waals surface area contributed by atoms with Crippen molar-refractivity contribution in [1.82, 2.24) is 4.98 Å². The van der Waals surface area contributed by atoms with Gasteiger partial charge in [0.25, 0.3) is 0 Å². The highest BCUT2D eigenvalue weighted by atomic mass is 35.5. The van der Waals surface area contributed by atoms with Crippen LogP contribution in [0.1, 0.15) is 25.3 Å². The summed E-state index contributed by atoms with van der Waals surface area (Å²) in [4.78, 5) is 6.59. The van der Waals surface area contributed by atoms with E-state index in [1.54, 1.807) is 12.1 Å². The molecule has 7 heteroatoms. The number of hydrogen-bond donors (Lipinski definition) is 0. The van der Waals surface area contributed by atoms with Crippen LogP contribution in [0.3, 0.4) is 0 Å². The molecule has 0 radical (unpaired) electrons. The molecule has 1 aliphatic heterocycles. The summed E-state index contributed by atoms with van der Waals surface area (Å²) in [5, 5.41) is 0.444. The number of benzene rings is 2. The molecule has 1 fully saturated rings. The lowest BCUT2D eigenvalue weighted by Crippen LogP contribution is -2.33. The molecule has 0 N–H and O–H groups in total. The van der Waals surface area contributed by atoms with Crippen LogP contribution in [0.2, 0.25) is 5.02 Å². The first-order valence-corrected chi connectivity index (χ1v) is 11.5. The van der Waals surface area contributed by atoms with Gasteiger partial charge in [0.1, 0.15) is 0 Å². The van der Waals surface area contributed by atoms with Gasteiger partial charge in [0.2, 0.25) is 26.6 Å². The Kier molecular flexibility index (Phi) is 5.40. The van der Waals surface area contributed by atoms with Crippen LogP contribution in [0.4, 0.5) is 5.88 Å². The van der Waals surface area contributed by atoms with Crippen LogP contribution < -0.4 is 4.90 Å². The minimum atomic E-state index is -3.85. The standard InChI is InChI=1S/C22H23ClN2O3S/c1-15-3-5-17(6-4-15)20-24-21(22(28-20)25-13-11-16(2)12-14-25)29(26,27)19-9-7-18(23)8-10-19/h3-10,16H,11-14H2,1-2H3. The second-order valence-electron chi connectivity index (χ2n) is 7.62. The van der Waals surface area contributed by atoms with E-state index in [1.165, 1.54) is 12.1 Å². The number of oxazole rings is 1. The van der Waals surface area contributed by atoms with Crippen LogP contribution in [0, 0.1) is 12.8 Å². The van der Waals surface area contributed by atoms with Crippen molar-refractivity contribution >= 4 is 27.3 Å². The minimum Gasteiger partial charge on any atom is -0.419 e. The summed E-state index contributed by atoms with van der Waals surface area (Å²) < 4.78 is 32.8. The van der Waals surface area contributed by atoms with Gasteiger partial charge in [0.15, 0.2) is 0 Å². The lowest BCUT2D eigenvalue weighted by molar-refractivity contribution is 0.415. The fraction of sp³-hybridized carbons (Fsp3) is 0.318. The highest BCUT2D eigenvalue weighted by Crippen LogP contribution is 2.36. The number of sulfone groups is 1. The molecule has 4 rings (SSSR count). The third-order valence-electron chi connectivity index (χ3n) is 5.33. The van der Waals surface area contributed by atoms with Crippen LogP contribution in [0.15, 0.2) is 62.9 Å². The zero-order valence-corrected chi connectivity index (χ0v) is 18.0. The minimum absolute atomic E-state index is 0.0371. The monoisotopic (exact) mass is 430 g/mol. The SMILES string of the molecule is Cc1ccc(-c2nc(S(=O)(=O)c3ccc(Cl)cc3)c(N3CCC(C)CC3)o2)cc1. The Morgan fingerprint density at radius 3 is 2.28 bits per heavy atom. The maximum atomic E-state index is 13.4. The normalized spacial score (nSPS) is 15.6. The highest BCUT2D eigenvalue weighted by molar-refractivity contribution is 7.91. The van der Waals surface area contributed by atoms with Crippen LogP contribution in [0.25, 0.3) is 11.5 Å². The second kappa shape index (κ2) is 7.84. The molecule has 0 aliphatic carbocycles. The molecule has 0 unspecified atom stereocenters. The van der Waals surface area contributed by atoms with Crippen LogP contribution in [-0.4, -0.2) is 26.5 Å². The van der Waals surface area contributed by atoms with Gasteiger partial charge in [0, 0.05) is 23.7 Å². The molecule has 0 bridgehead atoms. The molecule has 29 heavy (non-hydrogen) atoms. The van der Waals surface area contributed by atoms with Crippen molar-refractivity contribution < 1.29 is 12.8 Å². The average Bonchev–Trinajstić information content (AvgIpc) is 3.16. The van der Waals surface area contributed by atoms with Crippen molar-refractivity contribution in [2.75, 3.05) is 18.0 Å². The summed E-state index contributed by atoms with van der Waals surface area (Å²) in [7, 11) is -3.85. The Morgan fingerprint density at radius 2 is 1.66 bits per heavy atom. The molecule has 0 spiro atoms. The van der Waals surface area contributed by atoms with Crippen LogP contribution in [0.5, 0.6) is 0 Å². The molecule has 5 nitrogen and oxygen atoms in total. The first kappa shape index (κ1) is 20.0. The number of nitrogens with zero attached hydrogens (tertiary/aromatic N) is 2. The second-order valence-corrected chi connectivity index (χ2v) is 9.92. The lowest BCUT2D eigenvalue weighted by atomic mass is 9.99. The van der Waals surface area contributed by atoms with E-state index in [0.29, 0.717) is 22.7 Å². The van der Waals surface area contributed by atoms with Gasteiger partial charge in [0.05, 0.1) is 4.90 Å². The van der Waals surface area contributed by atoms with Crippen LogP contribution in [-0.2, 0) is 9.84 Å². The zero-order chi connectivity index (χ0) is 20.6. The van der Waals surface area contributed by atoms with Gasteiger partial charge < -0.3 is 9.32 Å². The van der Waals surface area contributed by atoms with Gasteiger partial charge >= 0.3 is 0 Å². The van der Waals surface area contributed by atoms with Gasteiger partial charge in [-0.05, 0) is 62.1 Å². The summed E-state index contributed by atoms with van der Waals surface area (Å²) in [5.74, 6) is 1.25. The summed E-state index contributed by atoms with van der Waals surface area (Å²) in [6, 6.07) is 13.8. The zero-order valence-electron chi connectivity index (χ0n) is 16.4. The van der Waals surface area contributed by atoms with Crippen molar-refractivity contribution in [3.05, 3.63) is 59.1 Å². The van der Waals surface area contributed by atoms with E-state index in [0.717, 1.165) is 37.1 Å². The number of aromatic nitrogens is 1. The van der Waals surface area contributed by atoms with Gasteiger partial charge in [-0.2, -0.15) is 4.98 Å². The topological polar surface area (TPSA) is 63.4 Å². The van der Waals surface area contributed by atoms with Crippen molar-refractivity contribution in [3.63, 3.8) is 0 Å². The predicted octanol–water partition coefficient (Wildman–Crippen LogP) is 5.37. The molecule has 1 aliphatic rings. The molecule has 0 saturated carbocycles. The summed E-state index contributed by atoms with van der Waals surface area (Å²) >= 11 is 5.93. The molecule has 0 atom stereocenters. The fourth-order valence-electron chi connectivity index (χ4n) is 3.43. The number of anilines is 1. The van der Waals surface area contributed by atoms with Crippen LogP contribution >= 0.6 is 11.6 Å². The van der Waals surface area contributed by atoms with Crippen molar-refractivity contribution in [2.45, 2.75) is 36.6 Å². The molecule has 152 valence electrons. The molecular weight excluding hydrogens is 408 g/mol. The van der Waals surface area contributed by atoms with Gasteiger partial charge in [-0.3, -0.25) is 0 Å². The van der Waals surface area contributed by atoms with Gasteiger partial charge in [-0.15, -0.1) is 0 Å². The van der Waals surface area contributed by atoms with E-state index in [4.69, 9.17) is 16.0 Å². The highest BCUT2D eigenvalue weighted by Gasteiger charge is 2.32. The average molecular weight is 431 g/mol. The number of piperidine rings is 1. The Hall–Kier alpha value is -2.31. The molecule has 3 aromatic rings. The molecule has 0 amide bonds. The molecular formula is C22H23ClN2O3S. The summed E-state index contributed by atoms with van der Waals surface area (Å²) in [5.41, 5.74) is 1.86. The molecule has 2 aromatic carbocycles. The maximum Gasteiger partial charge on any atom is 0.236 e. The molecule has 1 saturated heterocycles. The quantitative estimate of drug-likeness (QED) is 0.556. The third-order valence-corrected chi connectivity index (χ3v) is 7.25. The third kappa shape index (κ3) is 4.05. The first-order chi connectivity index (χ1) is 13.8. The Labute approximate surface area is 176 Å². The number of rotatable bonds is 4. The van der Waals surface area contributed by atoms with E-state index in [9.17, 15) is 8.42 Å². The molecule has 2 heterocycles. The Morgan fingerprint density at radius 1 is 1.03 bits per heavy atom. The van der Waals surface area contributed by atoms with E-state index in [1.807, 2.05) is 36.1 Å². The summed E-state index contributed by atoms with van der Waals surface area (Å²) in [6.07, 6.45) is 1.97. The number of hydrogen-bond acceptors (Lipinski definition) is 5. The van der Waals surface area contributed by atoms with E-state index >= 15 is 0 Å². The Balaban J connectivity index is 1.82. The Bertz CT molecular complexity index is 1100.